The largest absolute Gasteiger partial charge is 0.462 e. The van der Waals surface area contributed by atoms with Crippen LogP contribution in [0.15, 0.2) is 23.8 Å². The van der Waals surface area contributed by atoms with Gasteiger partial charge in [0.05, 0.1) is 12.2 Å². The zero-order valence-electron chi connectivity index (χ0n) is 22.2. The minimum absolute atomic E-state index is 0.0511. The van der Waals surface area contributed by atoms with Crippen molar-refractivity contribution >= 4 is 11.9 Å². The molecule has 0 bridgehead atoms. The average molecular weight is 463 g/mol. The Labute approximate surface area is 203 Å². The van der Waals surface area contributed by atoms with Crippen LogP contribution < -0.4 is 0 Å². The third-order valence-corrected chi connectivity index (χ3v) is 6.88. The molecule has 0 spiro atoms. The van der Waals surface area contributed by atoms with Crippen LogP contribution in [-0.2, 0) is 19.1 Å². The van der Waals surface area contributed by atoms with E-state index in [2.05, 4.69) is 34.3 Å². The molecule has 0 atom stereocenters. The fraction of sp³-hybridized carbons (Fsp3) is 0.793. The lowest BCUT2D eigenvalue weighted by Gasteiger charge is -2.36. The van der Waals surface area contributed by atoms with Gasteiger partial charge in [0.2, 0.25) is 0 Å². The molecule has 0 aliphatic heterocycles. The van der Waals surface area contributed by atoms with Gasteiger partial charge in [0.25, 0.3) is 0 Å². The van der Waals surface area contributed by atoms with Crippen LogP contribution in [0.5, 0.6) is 0 Å². The highest BCUT2D eigenvalue weighted by Gasteiger charge is 2.31. The third-order valence-electron chi connectivity index (χ3n) is 6.88. The maximum absolute atomic E-state index is 12.4. The normalized spacial score (nSPS) is 19.2. The zero-order valence-corrected chi connectivity index (χ0v) is 22.2. The molecule has 0 saturated heterocycles. The van der Waals surface area contributed by atoms with Crippen LogP contribution in [0, 0.1) is 11.3 Å². The summed E-state index contributed by atoms with van der Waals surface area (Å²) in [6.45, 7) is 14.9. The van der Waals surface area contributed by atoms with E-state index in [1.54, 1.807) is 6.92 Å². The number of ether oxygens (including phenoxy) is 2. The number of carbonyl (C=O) groups excluding carboxylic acids is 2. The van der Waals surface area contributed by atoms with Crippen LogP contribution in [0.4, 0.5) is 0 Å². The first-order valence-electron chi connectivity index (χ1n) is 13.4. The molecule has 0 amide bonds. The molecular weight excluding hydrogens is 412 g/mol. The van der Waals surface area contributed by atoms with E-state index in [1.165, 1.54) is 57.4 Å². The Morgan fingerprint density at radius 2 is 1.36 bits per heavy atom. The van der Waals surface area contributed by atoms with Crippen molar-refractivity contribution in [2.24, 2.45) is 11.3 Å². The van der Waals surface area contributed by atoms with Gasteiger partial charge in [-0.2, -0.15) is 0 Å². The minimum atomic E-state index is -0.434. The van der Waals surface area contributed by atoms with E-state index in [4.69, 9.17) is 9.47 Å². The quantitative estimate of drug-likeness (QED) is 0.107. The van der Waals surface area contributed by atoms with E-state index in [9.17, 15) is 9.59 Å². The lowest BCUT2D eigenvalue weighted by molar-refractivity contribution is -0.146. The molecule has 0 N–H and O–H groups in total. The molecule has 0 unspecified atom stereocenters. The molecule has 190 valence electrons. The highest BCUT2D eigenvalue weighted by atomic mass is 16.5. The Hall–Kier alpha value is -1.58. The van der Waals surface area contributed by atoms with Crippen molar-refractivity contribution < 1.29 is 19.1 Å². The zero-order chi connectivity index (χ0) is 24.7. The average Bonchev–Trinajstić information content (AvgIpc) is 2.76. The first-order valence-corrected chi connectivity index (χ1v) is 13.4. The minimum Gasteiger partial charge on any atom is -0.462 e. The van der Waals surface area contributed by atoms with Crippen molar-refractivity contribution in [3.8, 4) is 0 Å². The van der Waals surface area contributed by atoms with E-state index < -0.39 is 5.97 Å². The maximum Gasteiger partial charge on any atom is 0.337 e. The number of carbonyl (C=O) groups is 2. The fourth-order valence-electron chi connectivity index (χ4n) is 4.52. The Morgan fingerprint density at radius 1 is 0.848 bits per heavy atom. The molecule has 0 radical (unpaired) electrons. The molecule has 1 fully saturated rings. The Kier molecular flexibility index (Phi) is 14.4. The number of rotatable bonds is 15. The van der Waals surface area contributed by atoms with Gasteiger partial charge in [-0.1, -0.05) is 92.1 Å². The predicted octanol–water partition coefficient (Wildman–Crippen LogP) is 8.10. The van der Waals surface area contributed by atoms with E-state index in [-0.39, 0.29) is 17.6 Å². The standard InChI is InChI=1S/C29H50O4/c1-7-8-9-10-11-12-13-14-15-16-21-32-27(30)23(2)22-24(3)28(31)33-26-19-17-25(18-20-26)29(4,5)6/h22,25-26H,3,7-21H2,1-2,4-6H3/b23-22+. The van der Waals surface area contributed by atoms with Crippen molar-refractivity contribution in [2.75, 3.05) is 6.61 Å². The molecule has 0 aromatic heterocycles. The van der Waals surface area contributed by atoms with Crippen LogP contribution >= 0.6 is 0 Å². The first kappa shape index (κ1) is 29.5. The van der Waals surface area contributed by atoms with Crippen LogP contribution in [0.25, 0.3) is 0 Å². The molecule has 4 heteroatoms. The summed E-state index contributed by atoms with van der Waals surface area (Å²) in [5.41, 5.74) is 0.897. The van der Waals surface area contributed by atoms with Gasteiger partial charge in [0.1, 0.15) is 6.10 Å². The van der Waals surface area contributed by atoms with Crippen molar-refractivity contribution in [3.63, 3.8) is 0 Å². The topological polar surface area (TPSA) is 52.6 Å². The van der Waals surface area contributed by atoms with Crippen molar-refractivity contribution in [3.05, 3.63) is 23.8 Å². The van der Waals surface area contributed by atoms with Gasteiger partial charge in [0.15, 0.2) is 0 Å². The molecule has 33 heavy (non-hydrogen) atoms. The molecule has 0 aromatic carbocycles. The van der Waals surface area contributed by atoms with Gasteiger partial charge < -0.3 is 9.47 Å². The molecule has 0 heterocycles. The summed E-state index contributed by atoms with van der Waals surface area (Å²) in [5, 5.41) is 0. The van der Waals surface area contributed by atoms with Crippen LogP contribution in [0.3, 0.4) is 0 Å². The van der Waals surface area contributed by atoms with E-state index in [0.717, 1.165) is 38.5 Å². The summed E-state index contributed by atoms with van der Waals surface area (Å²) in [6.07, 6.45) is 17.8. The summed E-state index contributed by atoms with van der Waals surface area (Å²) in [4.78, 5) is 24.6. The smallest absolute Gasteiger partial charge is 0.337 e. The van der Waals surface area contributed by atoms with Gasteiger partial charge in [-0.05, 0) is 56.4 Å². The summed E-state index contributed by atoms with van der Waals surface area (Å²) in [7, 11) is 0. The number of hydrogen-bond donors (Lipinski definition) is 0. The molecule has 1 saturated carbocycles. The second-order valence-electron chi connectivity index (χ2n) is 10.9. The molecule has 0 aromatic rings. The highest BCUT2D eigenvalue weighted by molar-refractivity contribution is 5.95. The van der Waals surface area contributed by atoms with E-state index >= 15 is 0 Å². The predicted molar refractivity (Wildman–Crippen MR) is 137 cm³/mol. The van der Waals surface area contributed by atoms with E-state index in [1.807, 2.05) is 0 Å². The molecule has 1 aliphatic carbocycles. The summed E-state index contributed by atoms with van der Waals surface area (Å²) < 4.78 is 11.0. The van der Waals surface area contributed by atoms with Gasteiger partial charge in [-0.3, -0.25) is 0 Å². The third kappa shape index (κ3) is 13.0. The van der Waals surface area contributed by atoms with Crippen molar-refractivity contribution in [2.45, 2.75) is 131 Å². The summed E-state index contributed by atoms with van der Waals surface area (Å²) >= 11 is 0. The van der Waals surface area contributed by atoms with Gasteiger partial charge >= 0.3 is 11.9 Å². The van der Waals surface area contributed by atoms with Crippen LogP contribution in [0.2, 0.25) is 0 Å². The molecule has 1 rings (SSSR count). The fourth-order valence-corrected chi connectivity index (χ4v) is 4.52. The second-order valence-corrected chi connectivity index (χ2v) is 10.9. The van der Waals surface area contributed by atoms with Gasteiger partial charge in [-0.25, -0.2) is 9.59 Å². The Balaban J connectivity index is 2.18. The SMILES string of the molecule is C=C(/C=C(\C)C(=O)OCCCCCCCCCCCC)C(=O)OC1CCC(C(C)(C)C)CC1. The van der Waals surface area contributed by atoms with Crippen molar-refractivity contribution in [1.82, 2.24) is 0 Å². The first-order chi connectivity index (χ1) is 15.6. The summed E-state index contributed by atoms with van der Waals surface area (Å²) in [6, 6.07) is 0. The highest BCUT2D eigenvalue weighted by Crippen LogP contribution is 2.38. The number of unbranched alkanes of at least 4 members (excludes halogenated alkanes) is 9. The van der Waals surface area contributed by atoms with Crippen LogP contribution in [0.1, 0.15) is 125 Å². The molecular formula is C29H50O4. The molecule has 4 nitrogen and oxygen atoms in total. The van der Waals surface area contributed by atoms with Gasteiger partial charge in [-0.15, -0.1) is 0 Å². The monoisotopic (exact) mass is 462 g/mol. The number of esters is 2. The van der Waals surface area contributed by atoms with Crippen LogP contribution in [-0.4, -0.2) is 24.6 Å². The molecule has 1 aliphatic rings. The maximum atomic E-state index is 12.4. The van der Waals surface area contributed by atoms with Gasteiger partial charge in [0, 0.05) is 5.57 Å². The van der Waals surface area contributed by atoms with E-state index in [0.29, 0.717) is 23.5 Å². The lowest BCUT2D eigenvalue weighted by Crippen LogP contribution is -2.30. The lowest BCUT2D eigenvalue weighted by atomic mass is 9.72. The second kappa shape index (κ2) is 16.1. The van der Waals surface area contributed by atoms with Crippen molar-refractivity contribution in [1.29, 1.82) is 0 Å². The Bertz CT molecular complexity index is 618. The Morgan fingerprint density at radius 3 is 1.88 bits per heavy atom. The number of hydrogen-bond acceptors (Lipinski definition) is 4. The summed E-state index contributed by atoms with van der Waals surface area (Å²) in [5.74, 6) is -0.148.